The number of ether oxygens (including phenoxy) is 2. The molecule has 156 valence electrons. The number of imide groups is 1. The number of rotatable bonds is 8. The minimum Gasteiger partial charge on any atom is -0.493 e. The largest absolute Gasteiger partial charge is 0.493 e. The molecular formula is C24H25NO4S. The summed E-state index contributed by atoms with van der Waals surface area (Å²) in [5, 5.41) is -0.264. The van der Waals surface area contributed by atoms with E-state index >= 15 is 0 Å². The summed E-state index contributed by atoms with van der Waals surface area (Å²) < 4.78 is 11.2. The SMILES string of the molecule is C=CCc1cc(/C=C2\SC(=O)N(Cc3ccccc3C)C2=O)cc(OCC)c1OC. The molecule has 2 aromatic carbocycles. The normalized spacial score (nSPS) is 15.0. The Kier molecular flexibility index (Phi) is 7.00. The lowest BCUT2D eigenvalue weighted by Gasteiger charge is -2.15. The van der Waals surface area contributed by atoms with Gasteiger partial charge < -0.3 is 9.47 Å². The number of methoxy groups -OCH3 is 1. The number of amides is 2. The standard InChI is InChI=1S/C24H25NO4S/c1-5-9-18-12-17(13-20(29-6-2)22(18)28-4)14-21-23(26)25(24(27)30-21)15-19-11-8-7-10-16(19)3/h5,7-8,10-14H,1,6,9,15H2,2-4H3/b21-14-. The van der Waals surface area contributed by atoms with E-state index in [0.717, 1.165) is 34.0 Å². The summed E-state index contributed by atoms with van der Waals surface area (Å²) in [6, 6.07) is 11.5. The van der Waals surface area contributed by atoms with Crippen LogP contribution in [0.1, 0.15) is 29.2 Å². The van der Waals surface area contributed by atoms with Crippen LogP contribution in [0.5, 0.6) is 11.5 Å². The molecular weight excluding hydrogens is 398 g/mol. The van der Waals surface area contributed by atoms with Crippen molar-refractivity contribution in [3.8, 4) is 11.5 Å². The van der Waals surface area contributed by atoms with Gasteiger partial charge in [0.15, 0.2) is 11.5 Å². The number of benzene rings is 2. The monoisotopic (exact) mass is 423 g/mol. The quantitative estimate of drug-likeness (QED) is 0.422. The van der Waals surface area contributed by atoms with E-state index in [1.807, 2.05) is 50.2 Å². The van der Waals surface area contributed by atoms with Gasteiger partial charge in [-0.3, -0.25) is 14.5 Å². The van der Waals surface area contributed by atoms with Crippen LogP contribution in [-0.4, -0.2) is 29.8 Å². The highest BCUT2D eigenvalue weighted by Crippen LogP contribution is 2.37. The van der Waals surface area contributed by atoms with Gasteiger partial charge in [-0.1, -0.05) is 30.3 Å². The first kappa shape index (κ1) is 21.7. The molecule has 0 saturated carbocycles. The van der Waals surface area contributed by atoms with Gasteiger partial charge >= 0.3 is 0 Å². The van der Waals surface area contributed by atoms with Gasteiger partial charge in [-0.2, -0.15) is 0 Å². The minimum atomic E-state index is -0.285. The van der Waals surface area contributed by atoms with E-state index in [0.29, 0.717) is 29.4 Å². The number of hydrogen-bond donors (Lipinski definition) is 0. The molecule has 2 amide bonds. The van der Waals surface area contributed by atoms with Crippen LogP contribution in [0.4, 0.5) is 4.79 Å². The predicted octanol–water partition coefficient (Wildman–Crippen LogP) is 5.37. The molecule has 1 heterocycles. The van der Waals surface area contributed by atoms with E-state index in [-0.39, 0.29) is 17.7 Å². The molecule has 0 radical (unpaired) electrons. The van der Waals surface area contributed by atoms with Crippen molar-refractivity contribution in [1.29, 1.82) is 0 Å². The van der Waals surface area contributed by atoms with E-state index in [4.69, 9.17) is 9.47 Å². The van der Waals surface area contributed by atoms with Gasteiger partial charge in [0.25, 0.3) is 11.1 Å². The molecule has 0 atom stereocenters. The molecule has 2 aromatic rings. The minimum absolute atomic E-state index is 0.264. The number of aryl methyl sites for hydroxylation is 1. The van der Waals surface area contributed by atoms with Crippen LogP contribution in [0.15, 0.2) is 54.0 Å². The molecule has 1 fully saturated rings. The zero-order valence-corrected chi connectivity index (χ0v) is 18.3. The van der Waals surface area contributed by atoms with Crippen molar-refractivity contribution in [2.24, 2.45) is 0 Å². The summed E-state index contributed by atoms with van der Waals surface area (Å²) in [4.78, 5) is 27.1. The van der Waals surface area contributed by atoms with Crippen LogP contribution in [0, 0.1) is 6.92 Å². The Balaban J connectivity index is 1.93. The lowest BCUT2D eigenvalue weighted by Crippen LogP contribution is -2.27. The number of hydrogen-bond acceptors (Lipinski definition) is 5. The second-order valence-corrected chi connectivity index (χ2v) is 7.82. The smallest absolute Gasteiger partial charge is 0.293 e. The molecule has 0 unspecified atom stereocenters. The number of carbonyl (C=O) groups excluding carboxylic acids is 2. The maximum atomic E-state index is 12.9. The summed E-state index contributed by atoms with van der Waals surface area (Å²) in [5.74, 6) is 0.971. The maximum absolute atomic E-state index is 12.9. The van der Waals surface area contributed by atoms with E-state index < -0.39 is 0 Å². The van der Waals surface area contributed by atoms with Crippen molar-refractivity contribution in [2.45, 2.75) is 26.8 Å². The number of allylic oxidation sites excluding steroid dienone is 1. The lowest BCUT2D eigenvalue weighted by molar-refractivity contribution is -0.123. The zero-order valence-electron chi connectivity index (χ0n) is 17.4. The lowest BCUT2D eigenvalue weighted by atomic mass is 10.0. The Bertz CT molecular complexity index is 1010. The van der Waals surface area contributed by atoms with E-state index in [2.05, 4.69) is 6.58 Å². The topological polar surface area (TPSA) is 55.8 Å². The van der Waals surface area contributed by atoms with E-state index in [1.54, 1.807) is 19.3 Å². The predicted molar refractivity (Wildman–Crippen MR) is 121 cm³/mol. The maximum Gasteiger partial charge on any atom is 0.293 e. The molecule has 30 heavy (non-hydrogen) atoms. The molecule has 3 rings (SSSR count). The fourth-order valence-electron chi connectivity index (χ4n) is 3.31. The fourth-order valence-corrected chi connectivity index (χ4v) is 4.15. The van der Waals surface area contributed by atoms with Crippen molar-refractivity contribution in [3.05, 3.63) is 76.2 Å². The second-order valence-electron chi connectivity index (χ2n) is 6.83. The van der Waals surface area contributed by atoms with Crippen LogP contribution in [0.3, 0.4) is 0 Å². The Hall–Kier alpha value is -2.99. The van der Waals surface area contributed by atoms with Crippen LogP contribution < -0.4 is 9.47 Å². The third-order valence-corrected chi connectivity index (χ3v) is 5.69. The third kappa shape index (κ3) is 4.60. The third-order valence-electron chi connectivity index (χ3n) is 4.78. The summed E-state index contributed by atoms with van der Waals surface area (Å²) >= 11 is 0.956. The van der Waals surface area contributed by atoms with Crippen molar-refractivity contribution in [1.82, 2.24) is 4.90 Å². The number of carbonyl (C=O) groups is 2. The first-order valence-corrected chi connectivity index (χ1v) is 10.5. The summed E-state index contributed by atoms with van der Waals surface area (Å²) in [6.07, 6.45) is 4.12. The highest BCUT2D eigenvalue weighted by atomic mass is 32.2. The van der Waals surface area contributed by atoms with Crippen molar-refractivity contribution in [2.75, 3.05) is 13.7 Å². The molecule has 1 saturated heterocycles. The highest BCUT2D eigenvalue weighted by Gasteiger charge is 2.35. The van der Waals surface area contributed by atoms with Crippen LogP contribution >= 0.6 is 11.8 Å². The summed E-state index contributed by atoms with van der Waals surface area (Å²) in [7, 11) is 1.60. The number of thioether (sulfide) groups is 1. The molecule has 1 aliphatic rings. The molecule has 0 aromatic heterocycles. The van der Waals surface area contributed by atoms with Gasteiger partial charge in [-0.15, -0.1) is 6.58 Å². The molecule has 6 heteroatoms. The molecule has 5 nitrogen and oxygen atoms in total. The zero-order chi connectivity index (χ0) is 21.7. The Morgan fingerprint density at radius 2 is 1.93 bits per heavy atom. The highest BCUT2D eigenvalue weighted by molar-refractivity contribution is 8.18. The van der Waals surface area contributed by atoms with Gasteiger partial charge in [0.05, 0.1) is 25.2 Å². The molecule has 1 aliphatic heterocycles. The molecule has 0 spiro atoms. The van der Waals surface area contributed by atoms with Crippen molar-refractivity contribution < 1.29 is 19.1 Å². The van der Waals surface area contributed by atoms with Gasteiger partial charge in [0, 0.05) is 5.56 Å². The van der Waals surface area contributed by atoms with E-state index in [1.165, 1.54) is 4.90 Å². The first-order valence-electron chi connectivity index (χ1n) is 9.73. The summed E-state index contributed by atoms with van der Waals surface area (Å²) in [5.41, 5.74) is 3.69. The molecule has 0 bridgehead atoms. The fraction of sp³-hybridized carbons (Fsp3) is 0.250. The van der Waals surface area contributed by atoms with Crippen LogP contribution in [0.2, 0.25) is 0 Å². The average molecular weight is 424 g/mol. The Morgan fingerprint density at radius 3 is 2.60 bits per heavy atom. The Labute approximate surface area is 181 Å². The van der Waals surface area contributed by atoms with Gasteiger partial charge in [0.1, 0.15) is 0 Å². The average Bonchev–Trinajstić information content (AvgIpc) is 2.97. The van der Waals surface area contributed by atoms with Gasteiger partial charge in [0.2, 0.25) is 0 Å². The van der Waals surface area contributed by atoms with Crippen LogP contribution in [-0.2, 0) is 17.8 Å². The Morgan fingerprint density at radius 1 is 1.17 bits per heavy atom. The van der Waals surface area contributed by atoms with Crippen molar-refractivity contribution in [3.63, 3.8) is 0 Å². The molecule has 0 N–H and O–H groups in total. The molecule has 0 aliphatic carbocycles. The summed E-state index contributed by atoms with van der Waals surface area (Å²) in [6.45, 7) is 8.42. The van der Waals surface area contributed by atoms with Gasteiger partial charge in [-0.25, -0.2) is 0 Å². The second kappa shape index (κ2) is 9.67. The first-order chi connectivity index (χ1) is 14.5. The number of nitrogens with zero attached hydrogens (tertiary/aromatic N) is 1. The van der Waals surface area contributed by atoms with Crippen molar-refractivity contribution >= 4 is 29.0 Å². The van der Waals surface area contributed by atoms with Crippen LogP contribution in [0.25, 0.3) is 6.08 Å². The van der Waals surface area contributed by atoms with E-state index in [9.17, 15) is 9.59 Å². The van der Waals surface area contributed by atoms with Gasteiger partial charge in [-0.05, 0) is 66.9 Å².